The van der Waals surface area contributed by atoms with E-state index in [-0.39, 0.29) is 6.04 Å². The highest BCUT2D eigenvalue weighted by Gasteiger charge is 2.08. The normalized spacial score (nSPS) is 12.6. The standard InChI is InChI=1S/C10H9N3O/c1-12-9(5-11)7-2-3-8-10(4-7)14-6-13-8/h2-4,6,9,12H,1H3. The van der Waals surface area contributed by atoms with Crippen LogP contribution in [-0.2, 0) is 0 Å². The zero-order chi connectivity index (χ0) is 9.97. The van der Waals surface area contributed by atoms with E-state index in [1.165, 1.54) is 6.39 Å². The third-order valence-electron chi connectivity index (χ3n) is 2.11. The minimum Gasteiger partial charge on any atom is -0.443 e. The average Bonchev–Trinajstić information content (AvgIpc) is 2.66. The monoisotopic (exact) mass is 187 g/mol. The summed E-state index contributed by atoms with van der Waals surface area (Å²) in [4.78, 5) is 4.00. The van der Waals surface area contributed by atoms with Crippen LogP contribution in [0.25, 0.3) is 11.1 Å². The van der Waals surface area contributed by atoms with Crippen LogP contribution in [0.1, 0.15) is 11.6 Å². The van der Waals surface area contributed by atoms with Gasteiger partial charge < -0.3 is 9.73 Å². The van der Waals surface area contributed by atoms with Crippen LogP contribution in [0.2, 0.25) is 0 Å². The fourth-order valence-electron chi connectivity index (χ4n) is 1.36. The molecule has 0 amide bonds. The molecule has 1 aromatic heterocycles. The lowest BCUT2D eigenvalue weighted by atomic mass is 10.1. The van der Waals surface area contributed by atoms with Crippen molar-refractivity contribution in [3.05, 3.63) is 30.2 Å². The predicted molar refractivity (Wildman–Crippen MR) is 51.4 cm³/mol. The molecule has 4 heteroatoms. The maximum atomic E-state index is 8.84. The number of rotatable bonds is 2. The summed E-state index contributed by atoms with van der Waals surface area (Å²) in [6.45, 7) is 0. The van der Waals surface area contributed by atoms with E-state index in [2.05, 4.69) is 16.4 Å². The minimum absolute atomic E-state index is 0.301. The van der Waals surface area contributed by atoms with Crippen LogP contribution in [-0.4, -0.2) is 12.0 Å². The Bertz CT molecular complexity index is 483. The molecule has 2 aromatic rings. The molecule has 0 fully saturated rings. The van der Waals surface area contributed by atoms with E-state index in [0.717, 1.165) is 11.1 Å². The van der Waals surface area contributed by atoms with E-state index in [1.54, 1.807) is 7.05 Å². The molecule has 1 aromatic carbocycles. The molecular formula is C10H9N3O. The second-order valence-electron chi connectivity index (χ2n) is 2.93. The fraction of sp³-hybridized carbons (Fsp3) is 0.200. The molecule has 0 saturated heterocycles. The summed E-state index contributed by atoms with van der Waals surface area (Å²) in [7, 11) is 1.75. The Hall–Kier alpha value is -1.86. The van der Waals surface area contributed by atoms with Crippen molar-refractivity contribution in [3.8, 4) is 6.07 Å². The van der Waals surface area contributed by atoms with Crippen molar-refractivity contribution in [2.24, 2.45) is 0 Å². The molecule has 0 radical (unpaired) electrons. The van der Waals surface area contributed by atoms with Gasteiger partial charge in [0.1, 0.15) is 11.6 Å². The van der Waals surface area contributed by atoms with E-state index in [1.807, 2.05) is 18.2 Å². The summed E-state index contributed by atoms with van der Waals surface area (Å²) in [6.07, 6.45) is 1.40. The van der Waals surface area contributed by atoms with Gasteiger partial charge in [-0.15, -0.1) is 0 Å². The minimum atomic E-state index is -0.301. The first-order chi connectivity index (χ1) is 6.85. The summed E-state index contributed by atoms with van der Waals surface area (Å²) in [5.41, 5.74) is 2.40. The van der Waals surface area contributed by atoms with Crippen LogP contribution in [0.4, 0.5) is 0 Å². The molecule has 14 heavy (non-hydrogen) atoms. The lowest BCUT2D eigenvalue weighted by molar-refractivity contribution is 0.601. The van der Waals surface area contributed by atoms with Crippen LogP contribution in [0.3, 0.4) is 0 Å². The molecule has 1 unspecified atom stereocenters. The van der Waals surface area contributed by atoms with E-state index in [4.69, 9.17) is 9.68 Å². The lowest BCUT2D eigenvalue weighted by Gasteiger charge is -2.06. The first kappa shape index (κ1) is 8.73. The SMILES string of the molecule is CNC(C#N)c1ccc2ncoc2c1. The summed E-state index contributed by atoms with van der Waals surface area (Å²) >= 11 is 0. The smallest absolute Gasteiger partial charge is 0.181 e. The van der Waals surface area contributed by atoms with Gasteiger partial charge in [-0.1, -0.05) is 6.07 Å². The Morgan fingerprint density at radius 2 is 2.43 bits per heavy atom. The number of fused-ring (bicyclic) bond motifs is 1. The second-order valence-corrected chi connectivity index (χ2v) is 2.93. The molecule has 1 atom stereocenters. The molecule has 2 rings (SSSR count). The molecule has 0 saturated carbocycles. The van der Waals surface area contributed by atoms with Crippen LogP contribution in [0, 0.1) is 11.3 Å². The Kier molecular flexibility index (Phi) is 2.17. The van der Waals surface area contributed by atoms with Crippen LogP contribution in [0.5, 0.6) is 0 Å². The highest BCUT2D eigenvalue weighted by molar-refractivity contribution is 5.73. The van der Waals surface area contributed by atoms with Gasteiger partial charge in [0.15, 0.2) is 12.0 Å². The Morgan fingerprint density at radius 3 is 3.14 bits per heavy atom. The highest BCUT2D eigenvalue weighted by Crippen LogP contribution is 2.18. The maximum absolute atomic E-state index is 8.84. The van der Waals surface area contributed by atoms with Crippen molar-refractivity contribution >= 4 is 11.1 Å². The van der Waals surface area contributed by atoms with Gasteiger partial charge in [0.25, 0.3) is 0 Å². The quantitative estimate of drug-likeness (QED) is 0.775. The van der Waals surface area contributed by atoms with Crippen molar-refractivity contribution < 1.29 is 4.42 Å². The van der Waals surface area contributed by atoms with Gasteiger partial charge in [-0.2, -0.15) is 5.26 Å². The molecule has 1 N–H and O–H groups in total. The molecule has 70 valence electrons. The van der Waals surface area contributed by atoms with Crippen molar-refractivity contribution in [2.75, 3.05) is 7.05 Å². The van der Waals surface area contributed by atoms with Gasteiger partial charge in [-0.3, -0.25) is 0 Å². The van der Waals surface area contributed by atoms with Gasteiger partial charge in [0.2, 0.25) is 0 Å². The van der Waals surface area contributed by atoms with Crippen LogP contribution in [0.15, 0.2) is 29.0 Å². The third kappa shape index (κ3) is 1.34. The Morgan fingerprint density at radius 1 is 1.57 bits per heavy atom. The lowest BCUT2D eigenvalue weighted by Crippen LogP contribution is -2.13. The number of nitrogens with zero attached hydrogens (tertiary/aromatic N) is 2. The number of hydrogen-bond acceptors (Lipinski definition) is 4. The summed E-state index contributed by atoms with van der Waals surface area (Å²) in [5, 5.41) is 11.7. The number of benzene rings is 1. The summed E-state index contributed by atoms with van der Waals surface area (Å²) < 4.78 is 5.15. The third-order valence-corrected chi connectivity index (χ3v) is 2.11. The molecule has 0 aliphatic heterocycles. The maximum Gasteiger partial charge on any atom is 0.181 e. The zero-order valence-electron chi connectivity index (χ0n) is 7.69. The molecule has 0 spiro atoms. The molecule has 0 aliphatic rings. The fourth-order valence-corrected chi connectivity index (χ4v) is 1.36. The van der Waals surface area contributed by atoms with Crippen LogP contribution < -0.4 is 5.32 Å². The number of nitriles is 1. The van der Waals surface area contributed by atoms with Crippen molar-refractivity contribution in [1.82, 2.24) is 10.3 Å². The van der Waals surface area contributed by atoms with E-state index in [0.29, 0.717) is 5.58 Å². The molecule has 1 heterocycles. The van der Waals surface area contributed by atoms with E-state index < -0.39 is 0 Å². The van der Waals surface area contributed by atoms with Gasteiger partial charge in [0.05, 0.1) is 6.07 Å². The molecule has 0 aliphatic carbocycles. The summed E-state index contributed by atoms with van der Waals surface area (Å²) in [6, 6.07) is 7.39. The predicted octanol–water partition coefficient (Wildman–Crippen LogP) is 1.61. The number of oxazole rings is 1. The highest BCUT2D eigenvalue weighted by atomic mass is 16.3. The van der Waals surface area contributed by atoms with Crippen molar-refractivity contribution in [2.45, 2.75) is 6.04 Å². The first-order valence-electron chi connectivity index (χ1n) is 4.25. The Labute approximate surface area is 81.2 Å². The van der Waals surface area contributed by atoms with Gasteiger partial charge in [-0.05, 0) is 24.7 Å². The average molecular weight is 187 g/mol. The van der Waals surface area contributed by atoms with Gasteiger partial charge >= 0.3 is 0 Å². The molecule has 0 bridgehead atoms. The molecular weight excluding hydrogens is 178 g/mol. The van der Waals surface area contributed by atoms with Gasteiger partial charge in [-0.25, -0.2) is 4.98 Å². The summed E-state index contributed by atoms with van der Waals surface area (Å²) in [5.74, 6) is 0. The topological polar surface area (TPSA) is 61.9 Å². The van der Waals surface area contributed by atoms with Gasteiger partial charge in [0, 0.05) is 0 Å². The zero-order valence-corrected chi connectivity index (χ0v) is 7.69. The van der Waals surface area contributed by atoms with Crippen molar-refractivity contribution in [3.63, 3.8) is 0 Å². The number of hydrogen-bond donors (Lipinski definition) is 1. The van der Waals surface area contributed by atoms with Crippen molar-refractivity contribution in [1.29, 1.82) is 5.26 Å². The van der Waals surface area contributed by atoms with E-state index >= 15 is 0 Å². The van der Waals surface area contributed by atoms with Crippen LogP contribution >= 0.6 is 0 Å². The van der Waals surface area contributed by atoms with E-state index in [9.17, 15) is 0 Å². The first-order valence-corrected chi connectivity index (χ1v) is 4.25. The second kappa shape index (κ2) is 3.48. The Balaban J connectivity index is 2.48. The largest absolute Gasteiger partial charge is 0.443 e. The number of nitrogens with one attached hydrogen (secondary N) is 1. The number of aromatic nitrogens is 1. The molecule has 4 nitrogen and oxygen atoms in total.